The van der Waals surface area contributed by atoms with Crippen molar-refractivity contribution >= 4 is 35.0 Å². The molecule has 0 aliphatic carbocycles. The second kappa shape index (κ2) is 9.70. The van der Waals surface area contributed by atoms with Crippen molar-refractivity contribution in [2.24, 2.45) is 0 Å². The first kappa shape index (κ1) is 22.3. The Kier molecular flexibility index (Phi) is 6.55. The number of ketones is 1. The van der Waals surface area contributed by atoms with Crippen molar-refractivity contribution in [2.75, 3.05) is 11.9 Å². The first-order valence-corrected chi connectivity index (χ1v) is 11.1. The summed E-state index contributed by atoms with van der Waals surface area (Å²) in [4.78, 5) is 42.1. The summed E-state index contributed by atoms with van der Waals surface area (Å²) in [6.07, 6.45) is -0.0135. The van der Waals surface area contributed by atoms with Gasteiger partial charge in [0.2, 0.25) is 0 Å². The Labute approximate surface area is 195 Å². The number of amides is 2. The molecule has 7 nitrogen and oxygen atoms in total. The fraction of sp³-hybridized carbons (Fsp3) is 0.160. The molecule has 0 spiro atoms. The lowest BCUT2D eigenvalue weighted by Gasteiger charge is -2.35. The molecule has 8 heteroatoms. The molecule has 2 heterocycles. The van der Waals surface area contributed by atoms with Gasteiger partial charge in [-0.15, -0.1) is 11.3 Å². The van der Waals surface area contributed by atoms with E-state index in [0.29, 0.717) is 16.3 Å². The highest BCUT2D eigenvalue weighted by molar-refractivity contribution is 7.10. The van der Waals surface area contributed by atoms with Gasteiger partial charge in [0.25, 0.3) is 0 Å². The van der Waals surface area contributed by atoms with Crippen LogP contribution in [0.2, 0.25) is 0 Å². The molecule has 2 amide bonds. The van der Waals surface area contributed by atoms with E-state index in [9.17, 15) is 14.4 Å². The van der Waals surface area contributed by atoms with Crippen LogP contribution in [0.3, 0.4) is 0 Å². The molecular weight excluding hydrogens is 440 g/mol. The number of hydrogen-bond acceptors (Lipinski definition) is 6. The number of carbonyl (C=O) groups excluding carboxylic acids is 3. The minimum atomic E-state index is -1.23. The Hall–Kier alpha value is -3.91. The van der Waals surface area contributed by atoms with Gasteiger partial charge < -0.3 is 9.47 Å². The second-order valence-corrected chi connectivity index (χ2v) is 8.42. The van der Waals surface area contributed by atoms with Crippen molar-refractivity contribution in [3.05, 3.63) is 94.8 Å². The van der Waals surface area contributed by atoms with Gasteiger partial charge >= 0.3 is 12.2 Å². The average molecular weight is 463 g/mol. The molecule has 1 aromatic heterocycles. The molecule has 0 fully saturated rings. The molecule has 0 saturated carbocycles. The summed E-state index contributed by atoms with van der Waals surface area (Å²) in [5.41, 5.74) is 1.59. The lowest BCUT2D eigenvalue weighted by atomic mass is 10.00. The summed E-state index contributed by atoms with van der Waals surface area (Å²) in [5.74, 6) is -0.0455. The molecule has 0 bridgehead atoms. The van der Waals surface area contributed by atoms with Crippen LogP contribution < -0.4 is 9.64 Å². The van der Waals surface area contributed by atoms with E-state index in [1.165, 1.54) is 33.4 Å². The van der Waals surface area contributed by atoms with E-state index < -0.39 is 30.1 Å². The van der Waals surface area contributed by atoms with Crippen molar-refractivity contribution in [3.63, 3.8) is 0 Å². The number of aryl methyl sites for hydroxylation is 1. The predicted molar refractivity (Wildman–Crippen MR) is 125 cm³/mol. The molecule has 1 aliphatic rings. The normalized spacial score (nSPS) is 17.5. The van der Waals surface area contributed by atoms with Gasteiger partial charge in [-0.25, -0.2) is 9.59 Å². The summed E-state index contributed by atoms with van der Waals surface area (Å²) in [5, 5.41) is 1.91. The van der Waals surface area contributed by atoms with E-state index in [2.05, 4.69) is 0 Å². The summed E-state index contributed by atoms with van der Waals surface area (Å²) < 4.78 is 11.2. The van der Waals surface area contributed by atoms with E-state index in [1.54, 1.807) is 55.6 Å². The molecule has 1 aliphatic heterocycles. The number of carbonyl (C=O) groups is 3. The van der Waals surface area contributed by atoms with Gasteiger partial charge in [0.15, 0.2) is 11.9 Å². The molecule has 168 valence electrons. The lowest BCUT2D eigenvalue weighted by molar-refractivity contribution is -0.126. The molecule has 0 unspecified atom stereocenters. The number of hydrogen-bond donors (Lipinski definition) is 0. The van der Waals surface area contributed by atoms with Gasteiger partial charge in [0, 0.05) is 29.9 Å². The third-order valence-electron chi connectivity index (χ3n) is 5.11. The van der Waals surface area contributed by atoms with Crippen LogP contribution in [-0.2, 0) is 9.53 Å². The van der Waals surface area contributed by atoms with E-state index >= 15 is 0 Å². The summed E-state index contributed by atoms with van der Waals surface area (Å²) in [6.45, 7) is 1.91. The highest BCUT2D eigenvalue weighted by Gasteiger charge is 2.42. The molecule has 0 saturated heterocycles. The first-order chi connectivity index (χ1) is 15.9. The zero-order valence-corrected chi connectivity index (χ0v) is 18.9. The maximum atomic E-state index is 13.0. The second-order valence-electron chi connectivity index (χ2n) is 7.48. The van der Waals surface area contributed by atoms with Gasteiger partial charge in [-0.05, 0) is 48.2 Å². The molecule has 33 heavy (non-hydrogen) atoms. The Balaban J connectivity index is 1.63. The van der Waals surface area contributed by atoms with Crippen molar-refractivity contribution in [3.8, 4) is 5.75 Å². The number of rotatable bonds is 4. The van der Waals surface area contributed by atoms with Gasteiger partial charge in [-0.1, -0.05) is 36.4 Å². The standard InChI is InChI=1S/C25H22N2O5S/c1-17-15-21(33-16-17)22-23(32-24(29)26(2)18-9-5-3-6-10-18)20(28)13-14-27(22)25(30)31-19-11-7-4-8-12-19/h3-16,22-23H,1-2H3/t22-,23+/m1/s1. The minimum absolute atomic E-state index is 0.367. The van der Waals surface area contributed by atoms with Gasteiger partial charge in [0.05, 0.1) is 0 Å². The van der Waals surface area contributed by atoms with Gasteiger partial charge in [-0.3, -0.25) is 14.6 Å². The van der Waals surface area contributed by atoms with Gasteiger partial charge in [0.1, 0.15) is 11.8 Å². The Morgan fingerprint density at radius 2 is 1.70 bits per heavy atom. The zero-order valence-electron chi connectivity index (χ0n) is 18.1. The highest BCUT2D eigenvalue weighted by Crippen LogP contribution is 2.36. The molecule has 0 N–H and O–H groups in total. The Morgan fingerprint density at radius 1 is 1.03 bits per heavy atom. The summed E-state index contributed by atoms with van der Waals surface area (Å²) >= 11 is 1.38. The van der Waals surface area contributed by atoms with Crippen LogP contribution in [0, 0.1) is 6.92 Å². The Morgan fingerprint density at radius 3 is 2.33 bits per heavy atom. The summed E-state index contributed by atoms with van der Waals surface area (Å²) in [7, 11) is 1.56. The topological polar surface area (TPSA) is 76.2 Å². The fourth-order valence-corrected chi connectivity index (χ4v) is 4.44. The number of benzene rings is 2. The highest BCUT2D eigenvalue weighted by atomic mass is 32.1. The molecule has 0 radical (unpaired) electrons. The monoisotopic (exact) mass is 462 g/mol. The number of anilines is 1. The maximum absolute atomic E-state index is 13.0. The average Bonchev–Trinajstić information content (AvgIpc) is 3.26. The summed E-state index contributed by atoms with van der Waals surface area (Å²) in [6, 6.07) is 18.6. The third kappa shape index (κ3) is 4.96. The number of thiophene rings is 1. The van der Waals surface area contributed by atoms with Crippen LogP contribution >= 0.6 is 11.3 Å². The van der Waals surface area contributed by atoms with E-state index in [4.69, 9.17) is 9.47 Å². The van der Waals surface area contributed by atoms with Gasteiger partial charge in [-0.2, -0.15) is 0 Å². The molecule has 2 aromatic carbocycles. The van der Waals surface area contributed by atoms with E-state index in [0.717, 1.165) is 5.56 Å². The minimum Gasteiger partial charge on any atom is -0.435 e. The van der Waals surface area contributed by atoms with Crippen molar-refractivity contribution in [1.29, 1.82) is 0 Å². The third-order valence-corrected chi connectivity index (χ3v) is 6.23. The van der Waals surface area contributed by atoms with Crippen LogP contribution in [0.5, 0.6) is 5.75 Å². The zero-order chi connectivity index (χ0) is 23.4. The molecule has 3 aromatic rings. The SMILES string of the molecule is Cc1csc([C@@H]2[C@@H](OC(=O)N(C)c3ccccc3)C(=O)C=CN2C(=O)Oc2ccccc2)c1. The van der Waals surface area contributed by atoms with E-state index in [-0.39, 0.29) is 0 Å². The number of ether oxygens (including phenoxy) is 2. The van der Waals surface area contributed by atoms with Crippen LogP contribution in [0.25, 0.3) is 0 Å². The van der Waals surface area contributed by atoms with Crippen LogP contribution in [0.15, 0.2) is 84.4 Å². The van der Waals surface area contributed by atoms with Crippen LogP contribution in [0.4, 0.5) is 15.3 Å². The molecule has 4 rings (SSSR count). The molecular formula is C25H22N2O5S. The predicted octanol–water partition coefficient (Wildman–Crippen LogP) is 5.34. The lowest BCUT2D eigenvalue weighted by Crippen LogP contribution is -2.47. The number of para-hydroxylation sites is 2. The quantitative estimate of drug-likeness (QED) is 0.523. The van der Waals surface area contributed by atoms with Crippen LogP contribution in [0.1, 0.15) is 16.5 Å². The van der Waals surface area contributed by atoms with Crippen molar-refractivity contribution in [2.45, 2.75) is 19.1 Å². The number of nitrogens with zero attached hydrogens (tertiary/aromatic N) is 2. The Bertz CT molecular complexity index is 1180. The smallest absolute Gasteiger partial charge is 0.420 e. The largest absolute Gasteiger partial charge is 0.435 e. The van der Waals surface area contributed by atoms with Crippen molar-refractivity contribution in [1.82, 2.24) is 4.90 Å². The first-order valence-electron chi connectivity index (χ1n) is 10.3. The molecule has 2 atom stereocenters. The van der Waals surface area contributed by atoms with Crippen LogP contribution in [-0.4, -0.2) is 36.0 Å². The maximum Gasteiger partial charge on any atom is 0.420 e. The van der Waals surface area contributed by atoms with Crippen molar-refractivity contribution < 1.29 is 23.9 Å². The van der Waals surface area contributed by atoms with E-state index in [1.807, 2.05) is 30.5 Å². The fourth-order valence-electron chi connectivity index (χ4n) is 3.42.